The standard InChI is InChI=1S/C22H35F3N4O2/c1-4-26-21(27-13-18-8-9-29(15-18)16-22(23,24)25)28-14-19-7-6-17(2)12-20(19)31-11-5-10-30-3/h6-7,12,18H,4-5,8-11,13-16H2,1-3H3,(H2,26,27,28). The number of halogens is 3. The van der Waals surface area contributed by atoms with Crippen LogP contribution >= 0.6 is 0 Å². The Bertz CT molecular complexity index is 698. The van der Waals surface area contributed by atoms with Gasteiger partial charge in [-0.2, -0.15) is 13.2 Å². The highest BCUT2D eigenvalue weighted by atomic mass is 19.4. The molecule has 0 saturated carbocycles. The molecule has 1 aromatic carbocycles. The van der Waals surface area contributed by atoms with E-state index < -0.39 is 12.7 Å². The van der Waals surface area contributed by atoms with E-state index in [1.165, 1.54) is 4.90 Å². The molecule has 2 rings (SSSR count). The molecular weight excluding hydrogens is 409 g/mol. The molecule has 1 aliphatic rings. The van der Waals surface area contributed by atoms with E-state index in [4.69, 9.17) is 9.47 Å². The van der Waals surface area contributed by atoms with Gasteiger partial charge in [0.2, 0.25) is 0 Å². The largest absolute Gasteiger partial charge is 0.493 e. The Morgan fingerprint density at radius 3 is 2.77 bits per heavy atom. The van der Waals surface area contributed by atoms with Gasteiger partial charge in [0.15, 0.2) is 5.96 Å². The minimum absolute atomic E-state index is 0.172. The maximum Gasteiger partial charge on any atom is 0.401 e. The first-order chi connectivity index (χ1) is 14.8. The molecule has 0 bridgehead atoms. The molecule has 6 nitrogen and oxygen atoms in total. The number of rotatable bonds is 11. The molecule has 1 atom stereocenters. The number of aryl methyl sites for hydroxylation is 1. The van der Waals surface area contributed by atoms with Crippen LogP contribution in [0.4, 0.5) is 13.2 Å². The van der Waals surface area contributed by atoms with Crippen molar-refractivity contribution in [3.63, 3.8) is 0 Å². The van der Waals surface area contributed by atoms with E-state index in [9.17, 15) is 13.2 Å². The lowest BCUT2D eigenvalue weighted by atomic mass is 10.1. The zero-order valence-electron chi connectivity index (χ0n) is 18.7. The van der Waals surface area contributed by atoms with Crippen molar-refractivity contribution >= 4 is 5.96 Å². The van der Waals surface area contributed by atoms with E-state index in [-0.39, 0.29) is 5.92 Å². The summed E-state index contributed by atoms with van der Waals surface area (Å²) in [5.74, 6) is 1.64. The SMILES string of the molecule is CCNC(=NCc1ccc(C)cc1OCCCOC)NCC1CCN(CC(F)(F)F)C1. The molecule has 9 heteroatoms. The second-order valence-electron chi connectivity index (χ2n) is 7.89. The van der Waals surface area contributed by atoms with Crippen LogP contribution in [0.3, 0.4) is 0 Å². The van der Waals surface area contributed by atoms with Gasteiger partial charge >= 0.3 is 6.18 Å². The van der Waals surface area contributed by atoms with Crippen LogP contribution in [-0.2, 0) is 11.3 Å². The Morgan fingerprint density at radius 2 is 2.06 bits per heavy atom. The maximum absolute atomic E-state index is 12.6. The number of benzene rings is 1. The van der Waals surface area contributed by atoms with Gasteiger partial charge in [0.1, 0.15) is 5.75 Å². The first-order valence-corrected chi connectivity index (χ1v) is 10.8. The lowest BCUT2D eigenvalue weighted by molar-refractivity contribution is -0.143. The molecule has 1 saturated heterocycles. The van der Waals surface area contributed by atoms with Crippen LogP contribution in [0.2, 0.25) is 0 Å². The quantitative estimate of drug-likeness (QED) is 0.312. The van der Waals surface area contributed by atoms with Crippen molar-refractivity contribution in [3.8, 4) is 5.75 Å². The molecule has 1 aromatic rings. The lowest BCUT2D eigenvalue weighted by Gasteiger charge is -2.19. The van der Waals surface area contributed by atoms with Crippen LogP contribution in [-0.4, -0.2) is 70.1 Å². The van der Waals surface area contributed by atoms with Gasteiger partial charge in [-0.25, -0.2) is 4.99 Å². The molecule has 1 fully saturated rings. The second kappa shape index (κ2) is 12.8. The first-order valence-electron chi connectivity index (χ1n) is 10.8. The number of aliphatic imine (C=N–C) groups is 1. The minimum atomic E-state index is -4.14. The van der Waals surface area contributed by atoms with Crippen molar-refractivity contribution in [2.75, 3.05) is 53.0 Å². The fourth-order valence-corrected chi connectivity index (χ4v) is 3.54. The molecule has 0 aromatic heterocycles. The molecule has 176 valence electrons. The van der Waals surface area contributed by atoms with E-state index in [1.807, 2.05) is 32.0 Å². The summed E-state index contributed by atoms with van der Waals surface area (Å²) in [6, 6.07) is 6.05. The summed E-state index contributed by atoms with van der Waals surface area (Å²) in [5, 5.41) is 6.49. The summed E-state index contributed by atoms with van der Waals surface area (Å²) in [6.45, 7) is 7.05. The fourth-order valence-electron chi connectivity index (χ4n) is 3.54. The summed E-state index contributed by atoms with van der Waals surface area (Å²) >= 11 is 0. The third kappa shape index (κ3) is 9.78. The number of guanidine groups is 1. The summed E-state index contributed by atoms with van der Waals surface area (Å²) in [6.07, 6.45) is -2.58. The summed E-state index contributed by atoms with van der Waals surface area (Å²) in [4.78, 5) is 6.12. The highest BCUT2D eigenvalue weighted by molar-refractivity contribution is 5.79. The van der Waals surface area contributed by atoms with Gasteiger partial charge in [0, 0.05) is 45.3 Å². The number of alkyl halides is 3. The molecule has 0 spiro atoms. The Hall–Kier alpha value is -2.00. The number of hydrogen-bond acceptors (Lipinski definition) is 4. The normalized spacial score (nSPS) is 17.7. The van der Waals surface area contributed by atoms with Crippen LogP contribution in [0.15, 0.2) is 23.2 Å². The van der Waals surface area contributed by atoms with E-state index in [1.54, 1.807) is 7.11 Å². The minimum Gasteiger partial charge on any atom is -0.493 e. The average Bonchev–Trinajstić information content (AvgIpc) is 3.14. The zero-order chi connectivity index (χ0) is 22.7. The van der Waals surface area contributed by atoms with E-state index in [0.29, 0.717) is 51.9 Å². The van der Waals surface area contributed by atoms with Crippen LogP contribution < -0.4 is 15.4 Å². The van der Waals surface area contributed by atoms with Gasteiger partial charge in [-0.15, -0.1) is 0 Å². The third-order valence-electron chi connectivity index (χ3n) is 5.06. The van der Waals surface area contributed by atoms with Crippen molar-refractivity contribution in [2.24, 2.45) is 10.9 Å². The molecule has 0 amide bonds. The van der Waals surface area contributed by atoms with Gasteiger partial charge in [0.25, 0.3) is 0 Å². The first kappa shape index (κ1) is 25.3. The number of likely N-dealkylation sites (tertiary alicyclic amines) is 1. The van der Waals surface area contributed by atoms with Gasteiger partial charge in [0.05, 0.1) is 19.7 Å². The summed E-state index contributed by atoms with van der Waals surface area (Å²) in [7, 11) is 1.67. The Morgan fingerprint density at radius 1 is 1.26 bits per heavy atom. The van der Waals surface area contributed by atoms with Gasteiger partial charge < -0.3 is 20.1 Å². The molecule has 31 heavy (non-hydrogen) atoms. The predicted molar refractivity (Wildman–Crippen MR) is 117 cm³/mol. The van der Waals surface area contributed by atoms with Crippen molar-refractivity contribution in [1.82, 2.24) is 15.5 Å². The monoisotopic (exact) mass is 444 g/mol. The number of ether oxygens (including phenoxy) is 2. The molecule has 2 N–H and O–H groups in total. The number of nitrogens with zero attached hydrogens (tertiary/aromatic N) is 2. The Labute approximate surface area is 183 Å². The van der Waals surface area contributed by atoms with Crippen molar-refractivity contribution in [1.29, 1.82) is 0 Å². The third-order valence-corrected chi connectivity index (χ3v) is 5.06. The number of hydrogen-bond donors (Lipinski definition) is 2. The van der Waals surface area contributed by atoms with E-state index >= 15 is 0 Å². The lowest BCUT2D eigenvalue weighted by Crippen LogP contribution is -2.40. The fraction of sp³-hybridized carbons (Fsp3) is 0.682. The van der Waals surface area contributed by atoms with Crippen LogP contribution in [0.1, 0.15) is 30.9 Å². The summed E-state index contributed by atoms with van der Waals surface area (Å²) in [5.41, 5.74) is 2.10. The van der Waals surface area contributed by atoms with Crippen LogP contribution in [0, 0.1) is 12.8 Å². The van der Waals surface area contributed by atoms with Crippen molar-refractivity contribution in [3.05, 3.63) is 29.3 Å². The molecule has 0 aliphatic carbocycles. The van der Waals surface area contributed by atoms with Gasteiger partial charge in [-0.1, -0.05) is 12.1 Å². The van der Waals surface area contributed by atoms with Gasteiger partial charge in [-0.3, -0.25) is 4.90 Å². The second-order valence-corrected chi connectivity index (χ2v) is 7.89. The molecule has 0 radical (unpaired) electrons. The van der Waals surface area contributed by atoms with Gasteiger partial charge in [-0.05, 0) is 44.4 Å². The Kier molecular flexibility index (Phi) is 10.4. The summed E-state index contributed by atoms with van der Waals surface area (Å²) < 4.78 is 48.7. The smallest absolute Gasteiger partial charge is 0.401 e. The number of nitrogens with one attached hydrogen (secondary N) is 2. The Balaban J connectivity index is 1.91. The number of methoxy groups -OCH3 is 1. The predicted octanol–water partition coefficient (Wildman–Crippen LogP) is 3.35. The highest BCUT2D eigenvalue weighted by Gasteiger charge is 2.34. The van der Waals surface area contributed by atoms with Crippen LogP contribution in [0.25, 0.3) is 0 Å². The van der Waals surface area contributed by atoms with Crippen LogP contribution in [0.5, 0.6) is 5.75 Å². The molecular formula is C22H35F3N4O2. The zero-order valence-corrected chi connectivity index (χ0v) is 18.7. The highest BCUT2D eigenvalue weighted by Crippen LogP contribution is 2.23. The van der Waals surface area contributed by atoms with Crippen molar-refractivity contribution < 1.29 is 22.6 Å². The molecule has 1 heterocycles. The van der Waals surface area contributed by atoms with Crippen molar-refractivity contribution in [2.45, 2.75) is 39.4 Å². The topological polar surface area (TPSA) is 58.1 Å². The maximum atomic E-state index is 12.6. The average molecular weight is 445 g/mol. The molecule has 1 aliphatic heterocycles. The van der Waals surface area contributed by atoms with E-state index in [2.05, 4.69) is 15.6 Å². The van der Waals surface area contributed by atoms with E-state index in [0.717, 1.165) is 29.7 Å². The molecule has 1 unspecified atom stereocenters.